The van der Waals surface area contributed by atoms with Gasteiger partial charge in [-0.05, 0) is 24.5 Å². The third-order valence-corrected chi connectivity index (χ3v) is 3.05. The summed E-state index contributed by atoms with van der Waals surface area (Å²) in [6.45, 7) is 14.4. The molecule has 0 amide bonds. The molecule has 0 fully saturated rings. The van der Waals surface area contributed by atoms with E-state index in [2.05, 4.69) is 81.6 Å². The summed E-state index contributed by atoms with van der Waals surface area (Å²) in [5.41, 5.74) is 4.18. The molecule has 0 saturated heterocycles. The van der Waals surface area contributed by atoms with E-state index < -0.39 is 0 Å². The zero-order valence-electron chi connectivity index (χ0n) is 13.4. The second kappa shape index (κ2) is 11.0. The van der Waals surface area contributed by atoms with Crippen molar-refractivity contribution < 1.29 is 0 Å². The van der Waals surface area contributed by atoms with Gasteiger partial charge in [0, 0.05) is 5.92 Å². The van der Waals surface area contributed by atoms with E-state index in [9.17, 15) is 0 Å². The maximum atomic E-state index is 3.00. The van der Waals surface area contributed by atoms with Crippen molar-refractivity contribution in [2.24, 2.45) is 0 Å². The van der Waals surface area contributed by atoms with Gasteiger partial charge in [-0.15, -0.1) is 13.2 Å². The molecule has 1 unspecified atom stereocenters. The van der Waals surface area contributed by atoms with Crippen molar-refractivity contribution in [2.75, 3.05) is 0 Å². The standard InChI is InChI=1S/C16H18.C2H6.C2H4/c1-3-16(14-9-5-4-6-10-14)15-11-7-8-13(2)12-15;2*1-2/h4-12,16H,3H2,1-2H3;1-2H3;1-2H2. The molecule has 0 heterocycles. The van der Waals surface area contributed by atoms with E-state index in [4.69, 9.17) is 0 Å². The number of hydrogen-bond acceptors (Lipinski definition) is 0. The maximum Gasteiger partial charge on any atom is 0.00868 e. The van der Waals surface area contributed by atoms with Crippen LogP contribution in [0.25, 0.3) is 0 Å². The first-order valence-corrected chi connectivity index (χ1v) is 7.42. The van der Waals surface area contributed by atoms with Gasteiger partial charge >= 0.3 is 0 Å². The normalized spacial score (nSPS) is 10.4. The summed E-state index contributed by atoms with van der Waals surface area (Å²) in [5.74, 6) is 0.529. The largest absolute Gasteiger partial charge is 0.106 e. The summed E-state index contributed by atoms with van der Waals surface area (Å²) < 4.78 is 0. The van der Waals surface area contributed by atoms with Crippen LogP contribution >= 0.6 is 0 Å². The first-order valence-electron chi connectivity index (χ1n) is 7.42. The highest BCUT2D eigenvalue weighted by atomic mass is 14.1. The summed E-state index contributed by atoms with van der Waals surface area (Å²) in [4.78, 5) is 0. The molecule has 0 saturated carbocycles. The lowest BCUT2D eigenvalue weighted by atomic mass is 9.88. The number of benzene rings is 2. The molecule has 2 rings (SSSR count). The monoisotopic (exact) mass is 268 g/mol. The lowest BCUT2D eigenvalue weighted by molar-refractivity contribution is 0.776. The van der Waals surface area contributed by atoms with Crippen molar-refractivity contribution in [3.8, 4) is 0 Å². The molecule has 0 aromatic heterocycles. The van der Waals surface area contributed by atoms with Crippen LogP contribution in [0.15, 0.2) is 67.8 Å². The van der Waals surface area contributed by atoms with E-state index in [1.165, 1.54) is 16.7 Å². The van der Waals surface area contributed by atoms with Gasteiger partial charge < -0.3 is 0 Å². The van der Waals surface area contributed by atoms with Crippen LogP contribution in [0.5, 0.6) is 0 Å². The molecule has 1 atom stereocenters. The molecule has 0 aliphatic carbocycles. The average molecular weight is 268 g/mol. The quantitative estimate of drug-likeness (QED) is 0.568. The molecule has 0 aliphatic heterocycles. The second-order valence-corrected chi connectivity index (χ2v) is 4.29. The Hall–Kier alpha value is -1.82. The summed E-state index contributed by atoms with van der Waals surface area (Å²) in [6.07, 6.45) is 1.15. The molecular weight excluding hydrogens is 240 g/mol. The summed E-state index contributed by atoms with van der Waals surface area (Å²) >= 11 is 0. The second-order valence-electron chi connectivity index (χ2n) is 4.29. The fourth-order valence-electron chi connectivity index (χ4n) is 2.24. The van der Waals surface area contributed by atoms with E-state index >= 15 is 0 Å². The van der Waals surface area contributed by atoms with Crippen LogP contribution in [0, 0.1) is 6.92 Å². The Morgan fingerprint density at radius 3 is 1.90 bits per heavy atom. The molecule has 0 bridgehead atoms. The van der Waals surface area contributed by atoms with Gasteiger partial charge in [0.2, 0.25) is 0 Å². The Morgan fingerprint density at radius 2 is 1.40 bits per heavy atom. The van der Waals surface area contributed by atoms with E-state index in [0.29, 0.717) is 5.92 Å². The van der Waals surface area contributed by atoms with Crippen molar-refractivity contribution in [3.05, 3.63) is 84.4 Å². The summed E-state index contributed by atoms with van der Waals surface area (Å²) in [5, 5.41) is 0. The van der Waals surface area contributed by atoms with Crippen LogP contribution < -0.4 is 0 Å². The van der Waals surface area contributed by atoms with E-state index in [0.717, 1.165) is 6.42 Å². The van der Waals surface area contributed by atoms with Crippen molar-refractivity contribution in [1.82, 2.24) is 0 Å². The summed E-state index contributed by atoms with van der Waals surface area (Å²) in [7, 11) is 0. The molecule has 0 heteroatoms. The van der Waals surface area contributed by atoms with Crippen LogP contribution in [-0.4, -0.2) is 0 Å². The molecule has 2 aromatic rings. The van der Waals surface area contributed by atoms with Gasteiger partial charge in [-0.25, -0.2) is 0 Å². The highest BCUT2D eigenvalue weighted by Gasteiger charge is 2.10. The fraction of sp³-hybridized carbons (Fsp3) is 0.300. The minimum absolute atomic E-state index is 0.529. The van der Waals surface area contributed by atoms with Gasteiger partial charge in [-0.3, -0.25) is 0 Å². The lowest BCUT2D eigenvalue weighted by Gasteiger charge is -2.16. The van der Waals surface area contributed by atoms with Gasteiger partial charge in [0.25, 0.3) is 0 Å². The molecule has 20 heavy (non-hydrogen) atoms. The molecule has 0 aliphatic rings. The van der Waals surface area contributed by atoms with Crippen LogP contribution in [-0.2, 0) is 0 Å². The Kier molecular flexibility index (Phi) is 10.0. The average Bonchev–Trinajstić information content (AvgIpc) is 2.53. The Labute approximate surface area is 125 Å². The van der Waals surface area contributed by atoms with Crippen molar-refractivity contribution in [2.45, 2.75) is 40.0 Å². The van der Waals surface area contributed by atoms with Crippen LogP contribution in [0.3, 0.4) is 0 Å². The third kappa shape index (κ3) is 5.44. The molecule has 108 valence electrons. The number of aryl methyl sites for hydroxylation is 1. The number of rotatable bonds is 3. The zero-order valence-corrected chi connectivity index (χ0v) is 13.4. The van der Waals surface area contributed by atoms with Crippen molar-refractivity contribution >= 4 is 0 Å². The van der Waals surface area contributed by atoms with Crippen LogP contribution in [0.4, 0.5) is 0 Å². The van der Waals surface area contributed by atoms with E-state index in [-0.39, 0.29) is 0 Å². The van der Waals surface area contributed by atoms with Crippen LogP contribution in [0.1, 0.15) is 49.8 Å². The fourth-order valence-corrected chi connectivity index (χ4v) is 2.24. The van der Waals surface area contributed by atoms with Gasteiger partial charge in [-0.2, -0.15) is 0 Å². The predicted octanol–water partition coefficient (Wildman–Crippen LogP) is 6.37. The van der Waals surface area contributed by atoms with E-state index in [1.54, 1.807) is 0 Å². The predicted molar refractivity (Wildman–Crippen MR) is 92.4 cm³/mol. The van der Waals surface area contributed by atoms with Crippen molar-refractivity contribution in [1.29, 1.82) is 0 Å². The molecule has 0 spiro atoms. The highest BCUT2D eigenvalue weighted by molar-refractivity contribution is 5.34. The third-order valence-electron chi connectivity index (χ3n) is 3.05. The molecule has 0 radical (unpaired) electrons. The minimum Gasteiger partial charge on any atom is -0.106 e. The van der Waals surface area contributed by atoms with Gasteiger partial charge in [0.1, 0.15) is 0 Å². The SMILES string of the molecule is C=C.CC.CCC(c1ccccc1)c1cccc(C)c1. The van der Waals surface area contributed by atoms with Crippen LogP contribution in [0.2, 0.25) is 0 Å². The Balaban J connectivity index is 0.000000829. The molecule has 0 N–H and O–H groups in total. The smallest absolute Gasteiger partial charge is 0.00868 e. The van der Waals surface area contributed by atoms with Gasteiger partial charge in [0.05, 0.1) is 0 Å². The molecule has 2 aromatic carbocycles. The highest BCUT2D eigenvalue weighted by Crippen LogP contribution is 2.27. The Morgan fingerprint density at radius 1 is 0.850 bits per heavy atom. The molecule has 0 nitrogen and oxygen atoms in total. The lowest BCUT2D eigenvalue weighted by Crippen LogP contribution is -1.99. The first kappa shape index (κ1) is 18.2. The van der Waals surface area contributed by atoms with E-state index in [1.807, 2.05) is 13.8 Å². The summed E-state index contributed by atoms with van der Waals surface area (Å²) in [6, 6.07) is 19.6. The Bertz CT molecular complexity index is 456. The van der Waals surface area contributed by atoms with Gasteiger partial charge in [-0.1, -0.05) is 80.9 Å². The topological polar surface area (TPSA) is 0 Å². The minimum atomic E-state index is 0.529. The first-order chi connectivity index (χ1) is 9.81. The maximum absolute atomic E-state index is 3.00. The zero-order chi connectivity index (χ0) is 15.4. The van der Waals surface area contributed by atoms with Gasteiger partial charge in [0.15, 0.2) is 0 Å². The molecular formula is C20H28. The number of hydrogen-bond donors (Lipinski definition) is 0. The van der Waals surface area contributed by atoms with Crippen molar-refractivity contribution in [3.63, 3.8) is 0 Å².